The van der Waals surface area contributed by atoms with Crippen LogP contribution in [-0.4, -0.2) is 37.7 Å². The number of aryl methyl sites for hydroxylation is 1. The highest BCUT2D eigenvalue weighted by molar-refractivity contribution is 5.21. The van der Waals surface area contributed by atoms with Crippen molar-refractivity contribution in [2.75, 3.05) is 26.7 Å². The molecule has 1 N–H and O–H groups in total. The largest absolute Gasteiger partial charge is 0.465 e. The number of furan rings is 1. The molecule has 1 unspecified atom stereocenters. The van der Waals surface area contributed by atoms with E-state index in [1.807, 2.05) is 0 Å². The zero-order valence-electron chi connectivity index (χ0n) is 13.2. The first-order valence-corrected chi connectivity index (χ1v) is 7.62. The summed E-state index contributed by atoms with van der Waals surface area (Å²) < 4.78 is 11.3. The van der Waals surface area contributed by atoms with Crippen LogP contribution in [0.3, 0.4) is 0 Å². The van der Waals surface area contributed by atoms with Gasteiger partial charge in [-0.05, 0) is 31.9 Å². The van der Waals surface area contributed by atoms with Crippen molar-refractivity contribution < 1.29 is 9.15 Å². The standard InChI is InChI=1S/C16H28N2O2/c1-12(2)8-17-9-16-7-14(13(3)20-16)10-18-6-5-15(11-18)19-4/h7,12,15,17H,5-6,8-11H2,1-4H3. The lowest BCUT2D eigenvalue weighted by molar-refractivity contribution is 0.107. The summed E-state index contributed by atoms with van der Waals surface area (Å²) in [5, 5.41) is 3.42. The van der Waals surface area contributed by atoms with E-state index in [0.717, 1.165) is 50.7 Å². The highest BCUT2D eigenvalue weighted by Crippen LogP contribution is 2.20. The van der Waals surface area contributed by atoms with Gasteiger partial charge in [0.1, 0.15) is 11.5 Å². The van der Waals surface area contributed by atoms with Gasteiger partial charge in [-0.3, -0.25) is 4.90 Å². The number of likely N-dealkylation sites (tertiary alicyclic amines) is 1. The Bertz CT molecular complexity index is 415. The van der Waals surface area contributed by atoms with Gasteiger partial charge in [-0.15, -0.1) is 0 Å². The molecule has 1 aromatic rings. The molecule has 0 saturated carbocycles. The molecule has 0 bridgehead atoms. The summed E-state index contributed by atoms with van der Waals surface area (Å²) in [5.41, 5.74) is 1.31. The molecule has 4 heteroatoms. The fraction of sp³-hybridized carbons (Fsp3) is 0.750. The van der Waals surface area contributed by atoms with E-state index < -0.39 is 0 Å². The second-order valence-corrected chi connectivity index (χ2v) is 6.20. The van der Waals surface area contributed by atoms with E-state index in [-0.39, 0.29) is 0 Å². The molecule has 0 spiro atoms. The molecule has 1 saturated heterocycles. The van der Waals surface area contributed by atoms with E-state index in [4.69, 9.17) is 9.15 Å². The second kappa shape index (κ2) is 7.25. The van der Waals surface area contributed by atoms with Crippen LogP contribution in [0.4, 0.5) is 0 Å². The Morgan fingerprint density at radius 3 is 2.95 bits per heavy atom. The highest BCUT2D eigenvalue weighted by atomic mass is 16.5. The van der Waals surface area contributed by atoms with E-state index in [9.17, 15) is 0 Å². The molecule has 0 amide bonds. The molecule has 0 aromatic carbocycles. The topological polar surface area (TPSA) is 37.6 Å². The number of ether oxygens (including phenoxy) is 1. The number of methoxy groups -OCH3 is 1. The monoisotopic (exact) mass is 280 g/mol. The summed E-state index contributed by atoms with van der Waals surface area (Å²) in [4.78, 5) is 2.44. The van der Waals surface area contributed by atoms with Crippen molar-refractivity contribution in [3.8, 4) is 0 Å². The number of hydrogen-bond acceptors (Lipinski definition) is 4. The van der Waals surface area contributed by atoms with E-state index in [1.165, 1.54) is 5.56 Å². The number of hydrogen-bond donors (Lipinski definition) is 1. The van der Waals surface area contributed by atoms with Crippen molar-refractivity contribution in [2.24, 2.45) is 5.92 Å². The van der Waals surface area contributed by atoms with E-state index in [2.05, 4.69) is 37.1 Å². The van der Waals surface area contributed by atoms with Gasteiger partial charge in [-0.25, -0.2) is 0 Å². The van der Waals surface area contributed by atoms with Crippen molar-refractivity contribution in [1.82, 2.24) is 10.2 Å². The van der Waals surface area contributed by atoms with Gasteiger partial charge in [0.2, 0.25) is 0 Å². The van der Waals surface area contributed by atoms with Crippen molar-refractivity contribution in [1.29, 1.82) is 0 Å². The molecule has 4 nitrogen and oxygen atoms in total. The summed E-state index contributed by atoms with van der Waals surface area (Å²) in [5.74, 6) is 2.76. The average molecular weight is 280 g/mol. The first-order chi connectivity index (χ1) is 9.58. The molecule has 1 atom stereocenters. The first kappa shape index (κ1) is 15.5. The van der Waals surface area contributed by atoms with Crippen LogP contribution in [0, 0.1) is 12.8 Å². The minimum absolute atomic E-state index is 0.398. The first-order valence-electron chi connectivity index (χ1n) is 7.62. The summed E-state index contributed by atoms with van der Waals surface area (Å²) in [6.45, 7) is 11.4. The van der Waals surface area contributed by atoms with Crippen LogP contribution in [0.1, 0.15) is 37.4 Å². The molecule has 2 heterocycles. The Morgan fingerprint density at radius 1 is 1.50 bits per heavy atom. The molecular weight excluding hydrogens is 252 g/mol. The smallest absolute Gasteiger partial charge is 0.118 e. The van der Waals surface area contributed by atoms with E-state index >= 15 is 0 Å². The zero-order valence-corrected chi connectivity index (χ0v) is 13.2. The van der Waals surface area contributed by atoms with Crippen LogP contribution >= 0.6 is 0 Å². The average Bonchev–Trinajstić information content (AvgIpc) is 2.97. The minimum Gasteiger partial charge on any atom is -0.465 e. The van der Waals surface area contributed by atoms with Crippen LogP contribution in [-0.2, 0) is 17.8 Å². The Balaban J connectivity index is 1.84. The third-order valence-corrected chi connectivity index (χ3v) is 3.88. The second-order valence-electron chi connectivity index (χ2n) is 6.20. The van der Waals surface area contributed by atoms with Crippen LogP contribution in [0.5, 0.6) is 0 Å². The normalized spacial score (nSPS) is 20.1. The maximum absolute atomic E-state index is 5.84. The van der Waals surface area contributed by atoms with Gasteiger partial charge in [-0.2, -0.15) is 0 Å². The highest BCUT2D eigenvalue weighted by Gasteiger charge is 2.23. The van der Waals surface area contributed by atoms with E-state index in [0.29, 0.717) is 12.0 Å². The maximum Gasteiger partial charge on any atom is 0.118 e. The molecule has 1 fully saturated rings. The Labute approximate surface area is 122 Å². The maximum atomic E-state index is 5.84. The number of rotatable bonds is 7. The summed E-state index contributed by atoms with van der Waals surface area (Å²) in [7, 11) is 1.80. The third-order valence-electron chi connectivity index (χ3n) is 3.88. The molecule has 2 rings (SSSR count). The van der Waals surface area contributed by atoms with Crippen LogP contribution in [0.25, 0.3) is 0 Å². The molecule has 114 valence electrons. The van der Waals surface area contributed by atoms with Crippen molar-refractivity contribution in [3.63, 3.8) is 0 Å². The quantitative estimate of drug-likeness (QED) is 0.833. The van der Waals surface area contributed by atoms with Gasteiger partial charge < -0.3 is 14.5 Å². The number of nitrogens with one attached hydrogen (secondary N) is 1. The van der Waals surface area contributed by atoms with Crippen molar-refractivity contribution >= 4 is 0 Å². The Kier molecular flexibility index (Phi) is 5.64. The van der Waals surface area contributed by atoms with Gasteiger partial charge in [-0.1, -0.05) is 13.8 Å². The molecular formula is C16H28N2O2. The van der Waals surface area contributed by atoms with Crippen LogP contribution in [0.2, 0.25) is 0 Å². The lowest BCUT2D eigenvalue weighted by Crippen LogP contribution is -2.22. The fourth-order valence-electron chi connectivity index (χ4n) is 2.69. The molecule has 1 aliphatic rings. The van der Waals surface area contributed by atoms with Gasteiger partial charge in [0, 0.05) is 32.3 Å². The molecule has 20 heavy (non-hydrogen) atoms. The van der Waals surface area contributed by atoms with Crippen molar-refractivity contribution in [2.45, 2.75) is 46.4 Å². The van der Waals surface area contributed by atoms with E-state index in [1.54, 1.807) is 7.11 Å². The zero-order chi connectivity index (χ0) is 14.5. The van der Waals surface area contributed by atoms with Gasteiger partial charge in [0.15, 0.2) is 0 Å². The predicted octanol–water partition coefficient (Wildman–Crippen LogP) is 2.55. The minimum atomic E-state index is 0.398. The number of nitrogens with zero attached hydrogens (tertiary/aromatic N) is 1. The lowest BCUT2D eigenvalue weighted by atomic mass is 10.2. The van der Waals surface area contributed by atoms with Crippen LogP contribution < -0.4 is 5.32 Å². The van der Waals surface area contributed by atoms with Gasteiger partial charge >= 0.3 is 0 Å². The summed E-state index contributed by atoms with van der Waals surface area (Å²) in [6, 6.07) is 2.20. The van der Waals surface area contributed by atoms with Gasteiger partial charge in [0.25, 0.3) is 0 Å². The predicted molar refractivity (Wildman–Crippen MR) is 80.7 cm³/mol. The van der Waals surface area contributed by atoms with Crippen LogP contribution in [0.15, 0.2) is 10.5 Å². The Hall–Kier alpha value is -0.840. The molecule has 1 aromatic heterocycles. The lowest BCUT2D eigenvalue weighted by Gasteiger charge is -2.14. The molecule has 0 aliphatic carbocycles. The Morgan fingerprint density at radius 2 is 2.30 bits per heavy atom. The SMILES string of the molecule is COC1CCN(Cc2cc(CNCC(C)C)oc2C)C1. The molecule has 1 aliphatic heterocycles. The van der Waals surface area contributed by atoms with Gasteiger partial charge in [0.05, 0.1) is 12.6 Å². The fourth-order valence-corrected chi connectivity index (χ4v) is 2.69. The third kappa shape index (κ3) is 4.33. The summed E-state index contributed by atoms with van der Waals surface area (Å²) >= 11 is 0. The summed E-state index contributed by atoms with van der Waals surface area (Å²) in [6.07, 6.45) is 1.53. The molecule has 0 radical (unpaired) electrons. The van der Waals surface area contributed by atoms with Crippen molar-refractivity contribution in [3.05, 3.63) is 23.2 Å².